The maximum absolute atomic E-state index is 4.85. The Bertz CT molecular complexity index is 274. The highest BCUT2D eigenvalue weighted by Gasteiger charge is 2.08. The van der Waals surface area contributed by atoms with Crippen LogP contribution in [0.5, 0.6) is 0 Å². The quantitative estimate of drug-likeness (QED) is 0.540. The predicted molar refractivity (Wildman–Crippen MR) is 32.1 cm³/mol. The largest absolute Gasteiger partial charge is 0.422 e. The highest BCUT2D eigenvalue weighted by molar-refractivity contribution is 6.06. The molecule has 2 heterocycles. The number of hydrogen-bond donors (Lipinski definition) is 0. The minimum absolute atomic E-state index is 0.400. The van der Waals surface area contributed by atoms with Gasteiger partial charge in [0.05, 0.1) is 6.20 Å². The topological polar surface area (TPSA) is 65.4 Å². The third-order valence-electron chi connectivity index (χ3n) is 1.04. The summed E-state index contributed by atoms with van der Waals surface area (Å²) in [6, 6.07) is 0. The number of allylic oxidation sites excluding steroid dienone is 1. The van der Waals surface area contributed by atoms with Crippen LogP contribution in [-0.4, -0.2) is 15.9 Å². The smallest absolute Gasteiger partial charge is 0.268 e. The minimum Gasteiger partial charge on any atom is -0.422 e. The molecule has 5 nitrogen and oxygen atoms in total. The van der Waals surface area contributed by atoms with Gasteiger partial charge < -0.3 is 4.42 Å². The van der Waals surface area contributed by atoms with Crippen molar-refractivity contribution < 1.29 is 4.42 Å². The summed E-state index contributed by atoms with van der Waals surface area (Å²) in [5.41, 5.74) is 4.21. The fourth-order valence-corrected chi connectivity index (χ4v) is 0.632. The van der Waals surface area contributed by atoms with E-state index in [4.69, 9.17) is 4.42 Å². The van der Waals surface area contributed by atoms with E-state index in [0.29, 0.717) is 11.6 Å². The van der Waals surface area contributed by atoms with Gasteiger partial charge in [0.1, 0.15) is 0 Å². The zero-order chi connectivity index (χ0) is 6.81. The molecule has 1 aliphatic heterocycles. The van der Waals surface area contributed by atoms with Crippen molar-refractivity contribution in [3.05, 3.63) is 24.6 Å². The fraction of sp³-hybridized carbons (Fsp3) is 0. The first-order valence-corrected chi connectivity index (χ1v) is 2.68. The zero-order valence-electron chi connectivity index (χ0n) is 4.93. The zero-order valence-corrected chi connectivity index (χ0v) is 4.93. The molecular weight excluding hydrogens is 132 g/mol. The van der Waals surface area contributed by atoms with Crippen LogP contribution in [0.4, 0.5) is 0 Å². The molecule has 5 heteroatoms. The summed E-state index contributed by atoms with van der Waals surface area (Å²) in [7, 11) is 0. The Balaban J connectivity index is 2.36. The maximum atomic E-state index is 4.85. The highest BCUT2D eigenvalue weighted by Crippen LogP contribution is 2.00. The van der Waals surface area contributed by atoms with Gasteiger partial charge >= 0.3 is 0 Å². The van der Waals surface area contributed by atoms with Gasteiger partial charge in [-0.1, -0.05) is 0 Å². The summed E-state index contributed by atoms with van der Waals surface area (Å²) in [4.78, 5) is 0. The number of aromatic nitrogens is 2. The fourth-order valence-electron chi connectivity index (χ4n) is 0.632. The molecule has 0 aliphatic carbocycles. The first kappa shape index (κ1) is 5.16. The molecule has 1 aliphatic rings. The van der Waals surface area contributed by atoms with E-state index < -0.39 is 0 Å². The molecule has 0 aromatic carbocycles. The highest BCUT2D eigenvalue weighted by atomic mass is 16.4. The molecule has 49 valence electrons. The molecule has 1 aromatic heterocycles. The molecule has 0 fully saturated rings. The average Bonchev–Trinajstić information content (AvgIpc) is 2.59. The van der Waals surface area contributed by atoms with Crippen molar-refractivity contribution in [1.82, 2.24) is 15.6 Å². The maximum Gasteiger partial charge on any atom is 0.268 e. The van der Waals surface area contributed by atoms with E-state index in [2.05, 4.69) is 20.7 Å². The van der Waals surface area contributed by atoms with Gasteiger partial charge in [0, 0.05) is 0 Å². The van der Waals surface area contributed by atoms with Crippen molar-refractivity contribution in [2.45, 2.75) is 0 Å². The van der Waals surface area contributed by atoms with Crippen LogP contribution in [0.3, 0.4) is 0 Å². The van der Waals surface area contributed by atoms with Gasteiger partial charge in [-0.2, -0.15) is 5.43 Å². The van der Waals surface area contributed by atoms with Gasteiger partial charge in [0.2, 0.25) is 6.39 Å². The second kappa shape index (κ2) is 1.94. The SMILES string of the molecule is C1=CC(c2nnco2)=N[N]1. The van der Waals surface area contributed by atoms with E-state index in [1.165, 1.54) is 6.39 Å². The number of nitrogens with zero attached hydrogens (tertiary/aromatic N) is 4. The summed E-state index contributed by atoms with van der Waals surface area (Å²) in [6.07, 6.45) is 4.52. The van der Waals surface area contributed by atoms with Crippen LogP contribution in [0.25, 0.3) is 0 Å². The molecule has 0 bridgehead atoms. The Morgan fingerprint density at radius 1 is 1.40 bits per heavy atom. The van der Waals surface area contributed by atoms with Crippen molar-refractivity contribution in [2.24, 2.45) is 5.10 Å². The van der Waals surface area contributed by atoms with Crippen LogP contribution < -0.4 is 5.43 Å². The molecule has 0 unspecified atom stereocenters. The summed E-state index contributed by atoms with van der Waals surface area (Å²) < 4.78 is 4.85. The Morgan fingerprint density at radius 3 is 3.00 bits per heavy atom. The van der Waals surface area contributed by atoms with Crippen molar-refractivity contribution in [1.29, 1.82) is 0 Å². The molecule has 0 saturated carbocycles. The first-order chi connectivity index (χ1) is 4.97. The second-order valence-corrected chi connectivity index (χ2v) is 1.66. The Kier molecular flexibility index (Phi) is 1.00. The summed E-state index contributed by atoms with van der Waals surface area (Å²) in [5.74, 6) is 0.400. The normalized spacial score (nSPS) is 15.0. The van der Waals surface area contributed by atoms with Gasteiger partial charge in [-0.05, 0) is 6.08 Å². The average molecular weight is 135 g/mol. The van der Waals surface area contributed by atoms with Crippen molar-refractivity contribution in [3.8, 4) is 0 Å². The van der Waals surface area contributed by atoms with Crippen LogP contribution in [0.2, 0.25) is 0 Å². The molecule has 2 rings (SSSR count). The molecule has 1 aromatic rings. The lowest BCUT2D eigenvalue weighted by Crippen LogP contribution is -1.94. The van der Waals surface area contributed by atoms with Gasteiger partial charge in [-0.3, -0.25) is 0 Å². The standard InChI is InChI=1S/C5H3N4O/c1-2-6-8-4(1)5-9-7-3-10-5/h1-3H. The van der Waals surface area contributed by atoms with Crippen LogP contribution in [-0.2, 0) is 0 Å². The van der Waals surface area contributed by atoms with E-state index in [-0.39, 0.29) is 0 Å². The minimum atomic E-state index is 0.400. The Morgan fingerprint density at radius 2 is 2.40 bits per heavy atom. The van der Waals surface area contributed by atoms with E-state index in [0.717, 1.165) is 0 Å². The van der Waals surface area contributed by atoms with E-state index >= 15 is 0 Å². The second-order valence-electron chi connectivity index (χ2n) is 1.66. The molecule has 0 N–H and O–H groups in total. The molecule has 0 saturated heterocycles. The summed E-state index contributed by atoms with van der Waals surface area (Å²) >= 11 is 0. The van der Waals surface area contributed by atoms with E-state index in [1.807, 2.05) is 0 Å². The third-order valence-corrected chi connectivity index (χ3v) is 1.04. The molecular formula is C5H3N4O. The Hall–Kier alpha value is -1.65. The van der Waals surface area contributed by atoms with Crippen molar-refractivity contribution >= 4 is 5.71 Å². The predicted octanol–water partition coefficient (Wildman–Crippen LogP) is -0.0946. The van der Waals surface area contributed by atoms with Crippen molar-refractivity contribution in [3.63, 3.8) is 0 Å². The Labute approximate surface area is 56.4 Å². The van der Waals surface area contributed by atoms with Gasteiger partial charge in [-0.15, -0.1) is 15.3 Å². The van der Waals surface area contributed by atoms with E-state index in [1.54, 1.807) is 12.3 Å². The van der Waals surface area contributed by atoms with Gasteiger partial charge in [0.25, 0.3) is 5.89 Å². The molecule has 0 spiro atoms. The summed E-state index contributed by atoms with van der Waals surface area (Å²) in [6.45, 7) is 0. The molecule has 0 atom stereocenters. The van der Waals surface area contributed by atoms with Crippen LogP contribution in [0, 0.1) is 0 Å². The van der Waals surface area contributed by atoms with Gasteiger partial charge in [-0.25, -0.2) is 0 Å². The van der Waals surface area contributed by atoms with E-state index in [9.17, 15) is 0 Å². The summed E-state index contributed by atoms with van der Waals surface area (Å²) in [5, 5.41) is 10.8. The number of rotatable bonds is 1. The lowest BCUT2D eigenvalue weighted by atomic mass is 10.4. The molecule has 10 heavy (non-hydrogen) atoms. The first-order valence-electron chi connectivity index (χ1n) is 2.68. The third kappa shape index (κ3) is 0.680. The monoisotopic (exact) mass is 135 g/mol. The van der Waals surface area contributed by atoms with Gasteiger partial charge in [0.15, 0.2) is 5.71 Å². The lowest BCUT2D eigenvalue weighted by molar-refractivity contribution is 0.543. The van der Waals surface area contributed by atoms with Crippen molar-refractivity contribution in [2.75, 3.05) is 0 Å². The van der Waals surface area contributed by atoms with Crippen LogP contribution >= 0.6 is 0 Å². The van der Waals surface area contributed by atoms with Crippen LogP contribution in [0.15, 0.2) is 28.2 Å². The molecule has 0 amide bonds. The number of hydrogen-bond acceptors (Lipinski definition) is 4. The lowest BCUT2D eigenvalue weighted by Gasteiger charge is -1.82. The molecule has 1 radical (unpaired) electrons. The van der Waals surface area contributed by atoms with Crippen LogP contribution in [0.1, 0.15) is 5.89 Å².